The van der Waals surface area contributed by atoms with Crippen LogP contribution in [0, 0.1) is 6.92 Å². The van der Waals surface area contributed by atoms with Gasteiger partial charge >= 0.3 is 0 Å². The molecule has 3 N–H and O–H groups in total. The Labute approximate surface area is 175 Å². The minimum absolute atomic E-state index is 0.178. The highest BCUT2D eigenvalue weighted by atomic mass is 32.1. The molecule has 2 heterocycles. The molecule has 0 aliphatic carbocycles. The molecular formula is C22H18N4O3S. The summed E-state index contributed by atoms with van der Waals surface area (Å²) in [5, 5.41) is 3.23. The lowest BCUT2D eigenvalue weighted by Crippen LogP contribution is -2.21. The van der Waals surface area contributed by atoms with E-state index in [0.29, 0.717) is 38.5 Å². The zero-order chi connectivity index (χ0) is 21.3. The van der Waals surface area contributed by atoms with Crippen LogP contribution in [0.1, 0.15) is 31.2 Å². The monoisotopic (exact) mass is 418 g/mol. The van der Waals surface area contributed by atoms with Crippen molar-refractivity contribution in [1.29, 1.82) is 0 Å². The van der Waals surface area contributed by atoms with E-state index in [1.165, 1.54) is 17.7 Å². The number of nitrogens with zero attached hydrogens (tertiary/aromatic N) is 2. The van der Waals surface area contributed by atoms with Gasteiger partial charge in [-0.05, 0) is 42.3 Å². The molecule has 2 amide bonds. The lowest BCUT2D eigenvalue weighted by molar-refractivity contribution is 0.0998. The average molecular weight is 418 g/mol. The SMILES string of the molecule is Cc1c(C(=O)Nc2ccc(C(N)=O)cc2)sc2ncn(Cc3ccccc3)c(=O)c12. The van der Waals surface area contributed by atoms with Crippen LogP contribution in [0.2, 0.25) is 0 Å². The van der Waals surface area contributed by atoms with E-state index in [2.05, 4.69) is 10.3 Å². The quantitative estimate of drug-likeness (QED) is 0.519. The fraction of sp³-hybridized carbons (Fsp3) is 0.0909. The van der Waals surface area contributed by atoms with E-state index in [1.807, 2.05) is 30.3 Å². The zero-order valence-electron chi connectivity index (χ0n) is 16.1. The molecule has 0 unspecified atom stereocenters. The molecule has 8 heteroatoms. The molecule has 0 saturated carbocycles. The molecule has 0 saturated heterocycles. The van der Waals surface area contributed by atoms with E-state index >= 15 is 0 Å². The number of nitrogens with two attached hydrogens (primary N) is 1. The van der Waals surface area contributed by atoms with Crippen molar-refractivity contribution in [2.24, 2.45) is 5.73 Å². The maximum atomic E-state index is 13.0. The van der Waals surface area contributed by atoms with E-state index in [-0.39, 0.29) is 11.5 Å². The standard InChI is InChI=1S/C22H18N4O3S/c1-13-17-21(24-12-26(22(17)29)11-14-5-3-2-4-6-14)30-18(13)20(28)25-16-9-7-15(8-10-16)19(23)27/h2-10,12H,11H2,1H3,(H2,23,27)(H,25,28). The third kappa shape index (κ3) is 3.72. The molecule has 2 aromatic heterocycles. The van der Waals surface area contributed by atoms with E-state index in [0.717, 1.165) is 5.56 Å². The van der Waals surface area contributed by atoms with Crippen LogP contribution >= 0.6 is 11.3 Å². The third-order valence-corrected chi connectivity index (χ3v) is 5.95. The number of hydrogen-bond donors (Lipinski definition) is 2. The number of aryl methyl sites for hydroxylation is 1. The van der Waals surface area contributed by atoms with Gasteiger partial charge in [-0.2, -0.15) is 0 Å². The second kappa shape index (κ2) is 7.92. The molecule has 30 heavy (non-hydrogen) atoms. The van der Waals surface area contributed by atoms with Crippen molar-refractivity contribution in [3.05, 3.63) is 92.8 Å². The van der Waals surface area contributed by atoms with E-state index in [1.54, 1.807) is 35.8 Å². The second-order valence-corrected chi connectivity index (χ2v) is 7.79. The Morgan fingerprint density at radius 2 is 1.80 bits per heavy atom. The Morgan fingerprint density at radius 3 is 2.47 bits per heavy atom. The Hall–Kier alpha value is -3.78. The number of carbonyl (C=O) groups is 2. The van der Waals surface area contributed by atoms with E-state index in [9.17, 15) is 14.4 Å². The molecule has 0 aliphatic rings. The minimum atomic E-state index is -0.536. The minimum Gasteiger partial charge on any atom is -0.366 e. The number of thiophene rings is 1. The van der Waals surface area contributed by atoms with E-state index < -0.39 is 5.91 Å². The number of anilines is 1. The van der Waals surface area contributed by atoms with Gasteiger partial charge in [0, 0.05) is 11.3 Å². The summed E-state index contributed by atoms with van der Waals surface area (Å²) in [7, 11) is 0. The average Bonchev–Trinajstić information content (AvgIpc) is 3.08. The Balaban J connectivity index is 1.64. The number of carbonyl (C=O) groups excluding carboxylic acids is 2. The number of primary amides is 1. The molecule has 0 bridgehead atoms. The highest BCUT2D eigenvalue weighted by Crippen LogP contribution is 2.27. The predicted octanol–water partition coefficient (Wildman–Crippen LogP) is 3.17. The van der Waals surface area contributed by atoms with Crippen LogP contribution in [0.25, 0.3) is 10.2 Å². The third-order valence-electron chi connectivity index (χ3n) is 4.75. The first-order valence-corrected chi connectivity index (χ1v) is 9.99. The molecular weight excluding hydrogens is 400 g/mol. The van der Waals surface area contributed by atoms with Crippen molar-refractivity contribution in [1.82, 2.24) is 9.55 Å². The summed E-state index contributed by atoms with van der Waals surface area (Å²) in [5.74, 6) is -0.873. The fourth-order valence-corrected chi connectivity index (χ4v) is 4.21. The van der Waals surface area contributed by atoms with Gasteiger partial charge in [-0.15, -0.1) is 11.3 Å². The molecule has 4 aromatic rings. The molecule has 150 valence electrons. The fourth-order valence-electron chi connectivity index (χ4n) is 3.17. The number of amides is 2. The van der Waals surface area contributed by atoms with Crippen molar-refractivity contribution < 1.29 is 9.59 Å². The number of benzene rings is 2. The van der Waals surface area contributed by atoms with Crippen molar-refractivity contribution in [3.63, 3.8) is 0 Å². The molecule has 2 aromatic carbocycles. The molecule has 7 nitrogen and oxygen atoms in total. The number of rotatable bonds is 5. The highest BCUT2D eigenvalue weighted by Gasteiger charge is 2.19. The van der Waals surface area contributed by atoms with Crippen LogP contribution in [0.4, 0.5) is 5.69 Å². The summed E-state index contributed by atoms with van der Waals surface area (Å²) in [4.78, 5) is 42.3. The molecule has 0 fully saturated rings. The lowest BCUT2D eigenvalue weighted by atomic mass is 10.2. The summed E-state index contributed by atoms with van der Waals surface area (Å²) in [6.07, 6.45) is 1.51. The van der Waals surface area contributed by atoms with Gasteiger partial charge in [0.1, 0.15) is 4.83 Å². The van der Waals surface area contributed by atoms with Gasteiger partial charge in [0.25, 0.3) is 11.5 Å². The maximum absolute atomic E-state index is 13.0. The van der Waals surface area contributed by atoms with Crippen molar-refractivity contribution in [3.8, 4) is 0 Å². The van der Waals surface area contributed by atoms with Gasteiger partial charge in [-0.25, -0.2) is 4.98 Å². The molecule has 0 spiro atoms. The van der Waals surface area contributed by atoms with Crippen molar-refractivity contribution in [2.75, 3.05) is 5.32 Å². The predicted molar refractivity (Wildman–Crippen MR) is 117 cm³/mol. The summed E-state index contributed by atoms with van der Waals surface area (Å²) in [6.45, 7) is 2.16. The first-order valence-electron chi connectivity index (χ1n) is 9.17. The molecule has 0 aliphatic heterocycles. The van der Waals surface area contributed by atoms with Crippen LogP contribution < -0.4 is 16.6 Å². The first-order chi connectivity index (χ1) is 14.4. The number of fused-ring (bicyclic) bond motifs is 1. The smallest absolute Gasteiger partial charge is 0.266 e. The number of aromatic nitrogens is 2. The Kier molecular flexibility index (Phi) is 5.16. The first kappa shape index (κ1) is 19.5. The van der Waals surface area contributed by atoms with Crippen molar-refractivity contribution in [2.45, 2.75) is 13.5 Å². The van der Waals surface area contributed by atoms with Crippen LogP contribution in [0.15, 0.2) is 65.7 Å². The normalized spacial score (nSPS) is 10.8. The van der Waals surface area contributed by atoms with Crippen LogP contribution in [0.5, 0.6) is 0 Å². The van der Waals surface area contributed by atoms with Gasteiger partial charge < -0.3 is 11.1 Å². The molecule has 4 rings (SSSR count). The van der Waals surface area contributed by atoms with Crippen LogP contribution in [0.3, 0.4) is 0 Å². The van der Waals surface area contributed by atoms with Crippen LogP contribution in [-0.4, -0.2) is 21.4 Å². The highest BCUT2D eigenvalue weighted by molar-refractivity contribution is 7.20. The summed E-state index contributed by atoms with van der Waals surface area (Å²) in [6, 6.07) is 15.9. The van der Waals surface area contributed by atoms with Gasteiger partial charge in [0.15, 0.2) is 0 Å². The molecule has 0 atom stereocenters. The summed E-state index contributed by atoms with van der Waals surface area (Å²) < 4.78 is 1.54. The Bertz CT molecular complexity index is 1310. The van der Waals surface area contributed by atoms with Gasteiger partial charge in [0.05, 0.1) is 23.1 Å². The van der Waals surface area contributed by atoms with Gasteiger partial charge in [0.2, 0.25) is 5.91 Å². The number of hydrogen-bond acceptors (Lipinski definition) is 5. The zero-order valence-corrected chi connectivity index (χ0v) is 16.9. The van der Waals surface area contributed by atoms with Crippen molar-refractivity contribution >= 4 is 39.1 Å². The summed E-state index contributed by atoms with van der Waals surface area (Å²) >= 11 is 1.18. The van der Waals surface area contributed by atoms with Gasteiger partial charge in [-0.3, -0.25) is 19.0 Å². The Morgan fingerprint density at radius 1 is 1.10 bits per heavy atom. The topological polar surface area (TPSA) is 107 Å². The lowest BCUT2D eigenvalue weighted by Gasteiger charge is -2.06. The second-order valence-electron chi connectivity index (χ2n) is 6.80. The van der Waals surface area contributed by atoms with Crippen LogP contribution in [-0.2, 0) is 6.54 Å². The number of nitrogens with one attached hydrogen (secondary N) is 1. The molecule has 0 radical (unpaired) electrons. The largest absolute Gasteiger partial charge is 0.366 e. The summed E-state index contributed by atoms with van der Waals surface area (Å²) in [5.41, 5.74) is 7.52. The maximum Gasteiger partial charge on any atom is 0.266 e. The van der Waals surface area contributed by atoms with Gasteiger partial charge in [-0.1, -0.05) is 30.3 Å². The van der Waals surface area contributed by atoms with E-state index in [4.69, 9.17) is 5.73 Å².